The van der Waals surface area contributed by atoms with Gasteiger partial charge in [0.15, 0.2) is 11.5 Å². The van der Waals surface area contributed by atoms with Crippen molar-refractivity contribution in [1.29, 1.82) is 0 Å². The molecule has 1 unspecified atom stereocenters. The van der Waals surface area contributed by atoms with E-state index in [1.807, 2.05) is 6.07 Å². The molecule has 1 atom stereocenters. The third-order valence-corrected chi connectivity index (χ3v) is 2.72. The first-order chi connectivity index (χ1) is 9.31. The van der Waals surface area contributed by atoms with E-state index in [2.05, 4.69) is 5.48 Å². The minimum Gasteiger partial charge on any atom is -0.486 e. The van der Waals surface area contributed by atoms with E-state index in [9.17, 15) is 5.11 Å². The van der Waals surface area contributed by atoms with Gasteiger partial charge in [-0.2, -0.15) is 5.48 Å². The van der Waals surface area contributed by atoms with E-state index in [0.29, 0.717) is 44.5 Å². The molecule has 1 aliphatic heterocycles. The molecular weight excluding hydrogens is 250 g/mol. The molecule has 1 aromatic carbocycles. The molecule has 0 fully saturated rings. The second kappa shape index (κ2) is 7.30. The standard InChI is InChI=1S/C13H19NO5/c1-16-4-7-19-14-9-11(15)10-2-3-12-13(8-10)18-6-5-17-12/h2-3,8,11,14-15H,4-7,9H2,1H3. The van der Waals surface area contributed by atoms with Gasteiger partial charge in [0.05, 0.1) is 25.9 Å². The Morgan fingerprint density at radius 1 is 1.26 bits per heavy atom. The normalized spacial score (nSPS) is 15.3. The Bertz CT molecular complexity index is 399. The van der Waals surface area contributed by atoms with Gasteiger partial charge in [-0.1, -0.05) is 6.07 Å². The molecule has 0 radical (unpaired) electrons. The maximum Gasteiger partial charge on any atom is 0.161 e. The molecule has 0 saturated heterocycles. The van der Waals surface area contributed by atoms with Gasteiger partial charge in [0.1, 0.15) is 13.2 Å². The molecule has 106 valence electrons. The summed E-state index contributed by atoms with van der Waals surface area (Å²) in [7, 11) is 1.60. The Kier molecular flexibility index (Phi) is 5.41. The molecule has 6 nitrogen and oxygen atoms in total. The van der Waals surface area contributed by atoms with Crippen molar-refractivity contribution in [2.45, 2.75) is 6.10 Å². The summed E-state index contributed by atoms with van der Waals surface area (Å²) in [6, 6.07) is 5.41. The summed E-state index contributed by atoms with van der Waals surface area (Å²) in [6.07, 6.45) is -0.668. The average molecular weight is 269 g/mol. The van der Waals surface area contributed by atoms with Crippen LogP contribution in [0.2, 0.25) is 0 Å². The molecule has 1 heterocycles. The number of hydroxylamine groups is 1. The van der Waals surface area contributed by atoms with Gasteiger partial charge in [-0.15, -0.1) is 0 Å². The van der Waals surface area contributed by atoms with Crippen LogP contribution in [0.1, 0.15) is 11.7 Å². The summed E-state index contributed by atoms with van der Waals surface area (Å²) in [5, 5.41) is 10.0. The third kappa shape index (κ3) is 4.07. The van der Waals surface area contributed by atoms with Crippen LogP contribution in [0, 0.1) is 0 Å². The highest BCUT2D eigenvalue weighted by Gasteiger charge is 2.15. The van der Waals surface area contributed by atoms with Gasteiger partial charge in [-0.3, -0.25) is 4.84 Å². The molecule has 0 amide bonds. The lowest BCUT2D eigenvalue weighted by atomic mass is 10.1. The molecule has 1 aromatic rings. The number of aliphatic hydroxyl groups is 1. The summed E-state index contributed by atoms with van der Waals surface area (Å²) in [6.45, 7) is 2.33. The van der Waals surface area contributed by atoms with Crippen LogP contribution in [-0.4, -0.2) is 45.2 Å². The molecule has 0 saturated carbocycles. The van der Waals surface area contributed by atoms with Crippen molar-refractivity contribution in [2.75, 3.05) is 40.1 Å². The topological polar surface area (TPSA) is 69.2 Å². The van der Waals surface area contributed by atoms with E-state index in [0.717, 1.165) is 5.56 Å². The zero-order valence-electron chi connectivity index (χ0n) is 10.9. The van der Waals surface area contributed by atoms with Crippen molar-refractivity contribution in [3.8, 4) is 11.5 Å². The first kappa shape index (κ1) is 14.1. The van der Waals surface area contributed by atoms with E-state index in [1.54, 1.807) is 19.2 Å². The van der Waals surface area contributed by atoms with Crippen LogP contribution in [-0.2, 0) is 9.57 Å². The summed E-state index contributed by atoms with van der Waals surface area (Å²) < 4.78 is 15.7. The third-order valence-electron chi connectivity index (χ3n) is 2.72. The number of nitrogens with one attached hydrogen (secondary N) is 1. The molecule has 1 aliphatic rings. The number of hydrogen-bond acceptors (Lipinski definition) is 6. The van der Waals surface area contributed by atoms with Crippen LogP contribution in [0.15, 0.2) is 18.2 Å². The fraction of sp³-hybridized carbons (Fsp3) is 0.538. The SMILES string of the molecule is COCCONCC(O)c1ccc2c(c1)OCCO2. The number of methoxy groups -OCH3 is 1. The number of ether oxygens (including phenoxy) is 3. The lowest BCUT2D eigenvalue weighted by Crippen LogP contribution is -2.24. The monoisotopic (exact) mass is 269 g/mol. The Morgan fingerprint density at radius 3 is 2.84 bits per heavy atom. The minimum atomic E-state index is -0.668. The van der Waals surface area contributed by atoms with Gasteiger partial charge >= 0.3 is 0 Å². The second-order valence-electron chi connectivity index (χ2n) is 4.11. The van der Waals surface area contributed by atoms with Crippen LogP contribution in [0.25, 0.3) is 0 Å². The smallest absolute Gasteiger partial charge is 0.161 e. The van der Waals surface area contributed by atoms with Crippen LogP contribution in [0.3, 0.4) is 0 Å². The summed E-state index contributed by atoms with van der Waals surface area (Å²) >= 11 is 0. The van der Waals surface area contributed by atoms with Crippen LogP contribution in [0.5, 0.6) is 11.5 Å². The quantitative estimate of drug-likeness (QED) is 0.560. The zero-order valence-corrected chi connectivity index (χ0v) is 10.9. The van der Waals surface area contributed by atoms with Crippen LogP contribution < -0.4 is 15.0 Å². The Balaban J connectivity index is 1.83. The highest BCUT2D eigenvalue weighted by molar-refractivity contribution is 5.44. The van der Waals surface area contributed by atoms with Crippen LogP contribution in [0.4, 0.5) is 0 Å². The maximum atomic E-state index is 10.0. The van der Waals surface area contributed by atoms with Crippen molar-refractivity contribution >= 4 is 0 Å². The molecule has 0 aliphatic carbocycles. The van der Waals surface area contributed by atoms with Gasteiger partial charge in [0, 0.05) is 7.11 Å². The Hall–Kier alpha value is -1.34. The largest absolute Gasteiger partial charge is 0.486 e. The Morgan fingerprint density at radius 2 is 2.05 bits per heavy atom. The van der Waals surface area contributed by atoms with Crippen molar-refractivity contribution in [1.82, 2.24) is 5.48 Å². The number of benzene rings is 1. The predicted molar refractivity (Wildman–Crippen MR) is 68.2 cm³/mol. The summed E-state index contributed by atoms with van der Waals surface area (Å²) in [5.41, 5.74) is 3.45. The highest BCUT2D eigenvalue weighted by Crippen LogP contribution is 2.32. The van der Waals surface area contributed by atoms with Crippen molar-refractivity contribution in [3.63, 3.8) is 0 Å². The highest BCUT2D eigenvalue weighted by atomic mass is 16.7. The zero-order chi connectivity index (χ0) is 13.5. The van der Waals surface area contributed by atoms with Crippen LogP contribution >= 0.6 is 0 Å². The lowest BCUT2D eigenvalue weighted by molar-refractivity contribution is -0.0112. The fourth-order valence-corrected chi connectivity index (χ4v) is 1.72. The number of fused-ring (bicyclic) bond motifs is 1. The first-order valence-corrected chi connectivity index (χ1v) is 6.22. The minimum absolute atomic E-state index is 0.295. The van der Waals surface area contributed by atoms with E-state index in [1.165, 1.54) is 0 Å². The van der Waals surface area contributed by atoms with E-state index >= 15 is 0 Å². The second-order valence-corrected chi connectivity index (χ2v) is 4.11. The molecule has 2 rings (SSSR count). The summed E-state index contributed by atoms with van der Waals surface area (Å²) in [4.78, 5) is 5.09. The number of rotatable bonds is 7. The number of aliphatic hydroxyl groups excluding tert-OH is 1. The van der Waals surface area contributed by atoms with Crippen molar-refractivity contribution < 1.29 is 24.2 Å². The van der Waals surface area contributed by atoms with Gasteiger partial charge in [-0.25, -0.2) is 0 Å². The Labute approximate surface area is 112 Å². The molecule has 0 spiro atoms. The van der Waals surface area contributed by atoms with Gasteiger partial charge in [-0.05, 0) is 17.7 Å². The van der Waals surface area contributed by atoms with Crippen molar-refractivity contribution in [3.05, 3.63) is 23.8 Å². The predicted octanol–water partition coefficient (Wildman–Crippen LogP) is 0.659. The lowest BCUT2D eigenvalue weighted by Gasteiger charge is -2.20. The molecule has 6 heteroatoms. The average Bonchev–Trinajstić information content (AvgIpc) is 2.46. The number of hydrogen-bond donors (Lipinski definition) is 2. The van der Waals surface area contributed by atoms with Gasteiger partial charge in [0.25, 0.3) is 0 Å². The van der Waals surface area contributed by atoms with E-state index in [4.69, 9.17) is 19.0 Å². The molecule has 2 N–H and O–H groups in total. The fourth-order valence-electron chi connectivity index (χ4n) is 1.72. The molecular formula is C13H19NO5. The van der Waals surface area contributed by atoms with Crippen molar-refractivity contribution in [2.24, 2.45) is 0 Å². The van der Waals surface area contributed by atoms with Gasteiger partial charge < -0.3 is 19.3 Å². The first-order valence-electron chi connectivity index (χ1n) is 6.22. The molecule has 0 aromatic heterocycles. The molecule has 19 heavy (non-hydrogen) atoms. The van der Waals surface area contributed by atoms with E-state index in [-0.39, 0.29) is 0 Å². The van der Waals surface area contributed by atoms with Gasteiger partial charge in [0.2, 0.25) is 0 Å². The molecule has 0 bridgehead atoms. The maximum absolute atomic E-state index is 10.0. The van der Waals surface area contributed by atoms with E-state index < -0.39 is 6.10 Å². The summed E-state index contributed by atoms with van der Waals surface area (Å²) in [5.74, 6) is 1.38.